The molecule has 0 radical (unpaired) electrons. The standard InChI is InChI=1S/3C5H12.2C4H10/c3*1-3-5-4-2;2*1-3-4-2/h3*3-5H2,1-2H3;2*3-4H2,1-2H3. The summed E-state index contributed by atoms with van der Waals surface area (Å²) in [5, 5.41) is 0. The molecule has 0 aromatic heterocycles. The van der Waals surface area contributed by atoms with Gasteiger partial charge >= 0.3 is 0 Å². The van der Waals surface area contributed by atoms with Gasteiger partial charge in [-0.3, -0.25) is 0 Å². The first-order chi connectivity index (χ1) is 11.1. The predicted octanol–water partition coefficient (Wildman–Crippen LogP) is 10.2. The molecule has 23 heavy (non-hydrogen) atoms. The maximum atomic E-state index is 2.21. The van der Waals surface area contributed by atoms with E-state index in [0.29, 0.717) is 0 Å². The van der Waals surface area contributed by atoms with Crippen LogP contribution in [0.15, 0.2) is 0 Å². The highest BCUT2D eigenvalue weighted by Gasteiger charge is 1.69. The normalized spacial score (nSPS) is 8.09. The molecule has 0 fully saturated rings. The average molecular weight is 333 g/mol. The molecule has 0 heteroatoms. The summed E-state index contributed by atoms with van der Waals surface area (Å²) in [6, 6.07) is 0. The van der Waals surface area contributed by atoms with Crippen LogP contribution in [0.25, 0.3) is 0 Å². The Labute approximate surface area is 153 Å². The summed E-state index contributed by atoms with van der Waals surface area (Å²) in [6.07, 6.45) is 17.5. The first kappa shape index (κ1) is 34.4. The minimum atomic E-state index is 1.32. The Kier molecular flexibility index (Phi) is 85.8. The van der Waals surface area contributed by atoms with Gasteiger partial charge in [-0.15, -0.1) is 0 Å². The van der Waals surface area contributed by atoms with Crippen LogP contribution in [0, 0.1) is 0 Å². The lowest BCUT2D eigenvalue weighted by Crippen LogP contribution is -1.59. The van der Waals surface area contributed by atoms with E-state index in [9.17, 15) is 0 Å². The smallest absolute Gasteiger partial charge is 0.0538 e. The zero-order valence-corrected chi connectivity index (χ0v) is 19.2. The zero-order valence-electron chi connectivity index (χ0n) is 19.2. The molecule has 0 aromatic rings. The lowest BCUT2D eigenvalue weighted by Gasteiger charge is -1.79. The van der Waals surface area contributed by atoms with Crippen molar-refractivity contribution in [1.82, 2.24) is 0 Å². The summed E-state index contributed by atoms with van der Waals surface area (Å²) >= 11 is 0. The van der Waals surface area contributed by atoms with Gasteiger partial charge in [0.25, 0.3) is 0 Å². The highest BCUT2D eigenvalue weighted by atomic mass is 13.8. The van der Waals surface area contributed by atoms with Crippen LogP contribution in [0.5, 0.6) is 0 Å². The summed E-state index contributed by atoms with van der Waals surface area (Å²) in [5.41, 5.74) is 0. The van der Waals surface area contributed by atoms with Crippen molar-refractivity contribution in [3.8, 4) is 0 Å². The quantitative estimate of drug-likeness (QED) is 0.414. The van der Waals surface area contributed by atoms with Crippen molar-refractivity contribution in [2.75, 3.05) is 0 Å². The summed E-state index contributed by atoms with van der Waals surface area (Å²) in [6.45, 7) is 22.0. The van der Waals surface area contributed by atoms with E-state index in [1.165, 1.54) is 83.5 Å². The van der Waals surface area contributed by atoms with Crippen LogP contribution in [0.2, 0.25) is 0 Å². The molecule has 0 unspecified atom stereocenters. The average Bonchev–Trinajstić information content (AvgIpc) is 2.58. The first-order valence-corrected chi connectivity index (χ1v) is 11.1. The summed E-state index contributed by atoms with van der Waals surface area (Å²) in [5.74, 6) is 0. The predicted molar refractivity (Wildman–Crippen MR) is 117 cm³/mol. The third-order valence-corrected chi connectivity index (χ3v) is 3.12. The lowest BCUT2D eigenvalue weighted by atomic mass is 10.3. The highest BCUT2D eigenvalue weighted by molar-refractivity contribution is 4.25. The van der Waals surface area contributed by atoms with E-state index in [0.717, 1.165) is 0 Å². The maximum absolute atomic E-state index is 2.21. The molecule has 0 saturated heterocycles. The molecule has 0 N–H and O–H groups in total. The van der Waals surface area contributed by atoms with Crippen LogP contribution in [0.3, 0.4) is 0 Å². The summed E-state index contributed by atoms with van der Waals surface area (Å²) in [7, 11) is 0. The fourth-order valence-electron chi connectivity index (χ4n) is 1.06. The van der Waals surface area contributed by atoms with Crippen LogP contribution >= 0.6 is 0 Å². The number of rotatable bonds is 8. The Morgan fingerprint density at radius 2 is 0.348 bits per heavy atom. The van der Waals surface area contributed by atoms with E-state index < -0.39 is 0 Å². The van der Waals surface area contributed by atoms with Gasteiger partial charge in [0.15, 0.2) is 0 Å². The van der Waals surface area contributed by atoms with Crippen molar-refractivity contribution < 1.29 is 0 Å². The maximum Gasteiger partial charge on any atom is -0.0538 e. The molecule has 0 bridgehead atoms. The van der Waals surface area contributed by atoms with Crippen molar-refractivity contribution in [2.24, 2.45) is 0 Å². The third kappa shape index (κ3) is 138. The van der Waals surface area contributed by atoms with Crippen molar-refractivity contribution >= 4 is 0 Å². The van der Waals surface area contributed by atoms with Gasteiger partial charge in [-0.25, -0.2) is 0 Å². The molecular formula is C23H56. The van der Waals surface area contributed by atoms with Gasteiger partial charge in [-0.05, 0) is 0 Å². The highest BCUT2D eigenvalue weighted by Crippen LogP contribution is 1.89. The van der Waals surface area contributed by atoms with Crippen LogP contribution in [-0.2, 0) is 0 Å². The van der Waals surface area contributed by atoms with E-state index in [-0.39, 0.29) is 0 Å². The molecule has 0 rings (SSSR count). The summed E-state index contributed by atoms with van der Waals surface area (Å²) < 4.78 is 0. The van der Waals surface area contributed by atoms with Crippen molar-refractivity contribution in [3.05, 3.63) is 0 Å². The fraction of sp³-hybridized carbons (Fsp3) is 1.00. The Balaban J connectivity index is -0.0000000589. The first-order valence-electron chi connectivity index (χ1n) is 11.1. The lowest BCUT2D eigenvalue weighted by molar-refractivity contribution is 0.772. The second-order valence-electron chi connectivity index (χ2n) is 6.06. The Hall–Kier alpha value is 0. The molecule has 0 amide bonds. The number of unbranched alkanes of at least 4 members (excludes halogenated alkanes) is 8. The number of hydrogen-bond acceptors (Lipinski definition) is 0. The van der Waals surface area contributed by atoms with Gasteiger partial charge in [0.1, 0.15) is 0 Å². The van der Waals surface area contributed by atoms with E-state index >= 15 is 0 Å². The minimum Gasteiger partial charge on any atom is -0.0654 e. The van der Waals surface area contributed by atoms with Gasteiger partial charge < -0.3 is 0 Å². The van der Waals surface area contributed by atoms with E-state index in [1.54, 1.807) is 0 Å². The van der Waals surface area contributed by atoms with Crippen LogP contribution < -0.4 is 0 Å². The molecule has 0 heterocycles. The fourth-order valence-corrected chi connectivity index (χ4v) is 1.06. The monoisotopic (exact) mass is 332 g/mol. The van der Waals surface area contributed by atoms with E-state index in [4.69, 9.17) is 0 Å². The van der Waals surface area contributed by atoms with E-state index in [2.05, 4.69) is 69.2 Å². The van der Waals surface area contributed by atoms with Gasteiger partial charge in [-0.2, -0.15) is 0 Å². The molecule has 0 nitrogen and oxygen atoms in total. The molecule has 0 spiro atoms. The molecule has 148 valence electrons. The van der Waals surface area contributed by atoms with Crippen molar-refractivity contribution in [1.29, 1.82) is 0 Å². The molecule has 0 aromatic carbocycles. The van der Waals surface area contributed by atoms with Crippen LogP contribution in [0.1, 0.15) is 153 Å². The molecule has 0 aliphatic heterocycles. The molecule has 0 aliphatic carbocycles. The SMILES string of the molecule is CCCC.CCCC.CCCCC.CCCCC.CCCCC. The third-order valence-electron chi connectivity index (χ3n) is 3.12. The molecular weight excluding hydrogens is 276 g/mol. The topological polar surface area (TPSA) is 0 Å². The Morgan fingerprint density at radius 1 is 0.217 bits per heavy atom. The summed E-state index contributed by atoms with van der Waals surface area (Å²) in [4.78, 5) is 0. The zero-order chi connectivity index (χ0) is 19.2. The second kappa shape index (κ2) is 57.4. The van der Waals surface area contributed by atoms with Gasteiger partial charge in [0, 0.05) is 0 Å². The largest absolute Gasteiger partial charge is 0.0654 e. The second-order valence-corrected chi connectivity index (χ2v) is 6.06. The Bertz CT molecular complexity index is 67.9. The van der Waals surface area contributed by atoms with Gasteiger partial charge in [-0.1, -0.05) is 153 Å². The van der Waals surface area contributed by atoms with Crippen molar-refractivity contribution in [3.63, 3.8) is 0 Å². The van der Waals surface area contributed by atoms with Crippen molar-refractivity contribution in [2.45, 2.75) is 153 Å². The Morgan fingerprint density at radius 3 is 0.348 bits per heavy atom. The minimum absolute atomic E-state index is 1.32. The molecule has 0 atom stereocenters. The van der Waals surface area contributed by atoms with Gasteiger partial charge in [0.2, 0.25) is 0 Å². The van der Waals surface area contributed by atoms with Crippen LogP contribution in [-0.4, -0.2) is 0 Å². The van der Waals surface area contributed by atoms with E-state index in [1.807, 2.05) is 0 Å². The van der Waals surface area contributed by atoms with Gasteiger partial charge in [0.05, 0.1) is 0 Å². The molecule has 0 aliphatic rings. The number of hydrogen-bond donors (Lipinski definition) is 0. The van der Waals surface area contributed by atoms with Crippen LogP contribution in [0.4, 0.5) is 0 Å². The molecule has 0 saturated carbocycles.